The molecule has 1 saturated carbocycles. The van der Waals surface area contributed by atoms with Crippen LogP contribution in [0.25, 0.3) is 0 Å². The van der Waals surface area contributed by atoms with Crippen molar-refractivity contribution >= 4 is 0 Å². The lowest BCUT2D eigenvalue weighted by atomic mass is 10.1. The first-order chi connectivity index (χ1) is 6.63. The molecular weight excluding hydrogens is 172 g/mol. The highest BCUT2D eigenvalue weighted by Gasteiger charge is 2.49. The maximum Gasteiger partial charge on any atom is 0.0192 e. The molecule has 1 aliphatic carbocycles. The Morgan fingerprint density at radius 1 is 1.43 bits per heavy atom. The minimum atomic E-state index is 0.600. The van der Waals surface area contributed by atoms with Crippen molar-refractivity contribution < 1.29 is 0 Å². The van der Waals surface area contributed by atoms with Gasteiger partial charge < -0.3 is 5.32 Å². The maximum atomic E-state index is 3.63. The van der Waals surface area contributed by atoms with E-state index in [1.165, 1.54) is 38.9 Å². The highest BCUT2D eigenvalue weighted by molar-refractivity contribution is 5.03. The molecule has 1 saturated heterocycles. The van der Waals surface area contributed by atoms with Crippen molar-refractivity contribution in [3.63, 3.8) is 0 Å². The predicted molar refractivity (Wildman–Crippen MR) is 60.5 cm³/mol. The summed E-state index contributed by atoms with van der Waals surface area (Å²) in [4.78, 5) is 2.72. The van der Waals surface area contributed by atoms with Gasteiger partial charge in [0.25, 0.3) is 0 Å². The summed E-state index contributed by atoms with van der Waals surface area (Å²) in [5.74, 6) is 0. The normalized spacial score (nSPS) is 37.9. The Morgan fingerprint density at radius 3 is 2.71 bits per heavy atom. The van der Waals surface area contributed by atoms with E-state index in [1.807, 2.05) is 0 Å². The molecule has 1 heterocycles. The van der Waals surface area contributed by atoms with Gasteiger partial charge in [0, 0.05) is 18.6 Å². The molecule has 2 heteroatoms. The monoisotopic (exact) mass is 196 g/mol. The predicted octanol–water partition coefficient (Wildman–Crippen LogP) is 1.86. The van der Waals surface area contributed by atoms with Crippen LogP contribution in [0.5, 0.6) is 0 Å². The second-order valence-electron chi connectivity index (χ2n) is 5.62. The molecule has 0 aromatic carbocycles. The smallest absolute Gasteiger partial charge is 0.0192 e. The van der Waals surface area contributed by atoms with Gasteiger partial charge in [0.2, 0.25) is 0 Å². The maximum absolute atomic E-state index is 3.63. The van der Waals surface area contributed by atoms with Crippen LogP contribution in [0, 0.1) is 5.41 Å². The molecule has 0 spiro atoms. The number of rotatable bonds is 2. The summed E-state index contributed by atoms with van der Waals surface area (Å²) >= 11 is 0. The van der Waals surface area contributed by atoms with Gasteiger partial charge in [0.05, 0.1) is 0 Å². The zero-order valence-electron chi connectivity index (χ0n) is 9.84. The van der Waals surface area contributed by atoms with Gasteiger partial charge in [-0.1, -0.05) is 20.8 Å². The van der Waals surface area contributed by atoms with E-state index >= 15 is 0 Å². The van der Waals surface area contributed by atoms with E-state index < -0.39 is 0 Å². The lowest BCUT2D eigenvalue weighted by Gasteiger charge is -2.25. The average Bonchev–Trinajstić information content (AvgIpc) is 2.82. The number of nitrogens with zero attached hydrogens (tertiary/aromatic N) is 1. The molecule has 82 valence electrons. The van der Waals surface area contributed by atoms with Gasteiger partial charge in [-0.2, -0.15) is 0 Å². The number of nitrogens with one attached hydrogen (secondary N) is 1. The first-order valence-corrected chi connectivity index (χ1v) is 6.11. The SMILES string of the molecule is CCC1CN(C2CC2(C)C)CCCN1. The molecule has 0 bridgehead atoms. The number of hydrogen-bond donors (Lipinski definition) is 1. The van der Waals surface area contributed by atoms with Crippen molar-refractivity contribution in [2.24, 2.45) is 5.41 Å². The molecule has 2 aliphatic rings. The van der Waals surface area contributed by atoms with Crippen LogP contribution >= 0.6 is 0 Å². The highest BCUT2D eigenvalue weighted by Crippen LogP contribution is 2.48. The summed E-state index contributed by atoms with van der Waals surface area (Å²) < 4.78 is 0. The van der Waals surface area contributed by atoms with Gasteiger partial charge in [-0.3, -0.25) is 4.90 Å². The lowest BCUT2D eigenvalue weighted by molar-refractivity contribution is 0.229. The van der Waals surface area contributed by atoms with Crippen LogP contribution in [0.15, 0.2) is 0 Å². The van der Waals surface area contributed by atoms with E-state index in [4.69, 9.17) is 0 Å². The van der Waals surface area contributed by atoms with Crippen molar-refractivity contribution in [1.82, 2.24) is 10.2 Å². The summed E-state index contributed by atoms with van der Waals surface area (Å²) in [6, 6.07) is 1.60. The molecule has 14 heavy (non-hydrogen) atoms. The Morgan fingerprint density at radius 2 is 2.14 bits per heavy atom. The summed E-state index contributed by atoms with van der Waals surface area (Å²) in [7, 11) is 0. The second-order valence-corrected chi connectivity index (χ2v) is 5.62. The van der Waals surface area contributed by atoms with Crippen LogP contribution in [0.4, 0.5) is 0 Å². The van der Waals surface area contributed by atoms with Crippen LogP contribution < -0.4 is 5.32 Å². The van der Waals surface area contributed by atoms with Crippen LogP contribution in [0.2, 0.25) is 0 Å². The highest BCUT2D eigenvalue weighted by atomic mass is 15.2. The fourth-order valence-corrected chi connectivity index (χ4v) is 2.65. The third-order valence-corrected chi connectivity index (χ3v) is 3.90. The largest absolute Gasteiger partial charge is 0.313 e. The minimum Gasteiger partial charge on any atom is -0.313 e. The van der Waals surface area contributed by atoms with Gasteiger partial charge in [0.15, 0.2) is 0 Å². The van der Waals surface area contributed by atoms with Crippen molar-refractivity contribution in [3.8, 4) is 0 Å². The zero-order valence-corrected chi connectivity index (χ0v) is 9.84. The Kier molecular flexibility index (Phi) is 2.85. The van der Waals surface area contributed by atoms with Gasteiger partial charge in [-0.15, -0.1) is 0 Å². The van der Waals surface area contributed by atoms with Gasteiger partial charge in [-0.25, -0.2) is 0 Å². The molecule has 2 fully saturated rings. The van der Waals surface area contributed by atoms with Crippen LogP contribution in [-0.2, 0) is 0 Å². The minimum absolute atomic E-state index is 0.600. The average molecular weight is 196 g/mol. The second kappa shape index (κ2) is 3.82. The molecule has 2 unspecified atom stereocenters. The summed E-state index contributed by atoms with van der Waals surface area (Å²) in [6.45, 7) is 10.9. The third-order valence-electron chi connectivity index (χ3n) is 3.90. The summed E-state index contributed by atoms with van der Waals surface area (Å²) in [6.07, 6.45) is 4.00. The molecule has 2 atom stereocenters. The Hall–Kier alpha value is -0.0800. The fourth-order valence-electron chi connectivity index (χ4n) is 2.65. The standard InChI is InChI=1S/C12H24N2/c1-4-10-9-14(7-5-6-13-10)11-8-12(11,2)3/h10-11,13H,4-9H2,1-3H3. The first kappa shape index (κ1) is 10.4. The van der Waals surface area contributed by atoms with Crippen molar-refractivity contribution in [3.05, 3.63) is 0 Å². The molecule has 2 nitrogen and oxygen atoms in total. The van der Waals surface area contributed by atoms with Gasteiger partial charge >= 0.3 is 0 Å². The summed E-state index contributed by atoms with van der Waals surface area (Å²) in [5, 5.41) is 3.63. The van der Waals surface area contributed by atoms with Gasteiger partial charge in [-0.05, 0) is 37.8 Å². The molecular formula is C12H24N2. The van der Waals surface area contributed by atoms with Crippen molar-refractivity contribution in [2.75, 3.05) is 19.6 Å². The Labute approximate surface area is 88.1 Å². The quantitative estimate of drug-likeness (QED) is 0.725. The van der Waals surface area contributed by atoms with Crippen molar-refractivity contribution in [1.29, 1.82) is 0 Å². The van der Waals surface area contributed by atoms with E-state index in [-0.39, 0.29) is 0 Å². The van der Waals surface area contributed by atoms with E-state index in [0.717, 1.165) is 12.1 Å². The first-order valence-electron chi connectivity index (χ1n) is 6.11. The fraction of sp³-hybridized carbons (Fsp3) is 1.00. The molecule has 0 radical (unpaired) electrons. The van der Waals surface area contributed by atoms with E-state index in [1.54, 1.807) is 0 Å². The molecule has 1 N–H and O–H groups in total. The Balaban J connectivity index is 1.91. The van der Waals surface area contributed by atoms with Crippen LogP contribution in [0.3, 0.4) is 0 Å². The van der Waals surface area contributed by atoms with E-state index in [2.05, 4.69) is 31.0 Å². The van der Waals surface area contributed by atoms with Crippen LogP contribution in [-0.4, -0.2) is 36.6 Å². The number of hydrogen-bond acceptors (Lipinski definition) is 2. The third kappa shape index (κ3) is 2.12. The van der Waals surface area contributed by atoms with Crippen LogP contribution in [0.1, 0.15) is 40.0 Å². The van der Waals surface area contributed by atoms with E-state index in [9.17, 15) is 0 Å². The zero-order chi connectivity index (χ0) is 10.2. The molecule has 1 aliphatic heterocycles. The van der Waals surface area contributed by atoms with E-state index in [0.29, 0.717) is 5.41 Å². The Bertz CT molecular complexity index is 200. The lowest BCUT2D eigenvalue weighted by Crippen LogP contribution is -2.39. The van der Waals surface area contributed by atoms with Crippen molar-refractivity contribution in [2.45, 2.75) is 52.1 Å². The topological polar surface area (TPSA) is 15.3 Å². The molecule has 0 amide bonds. The molecule has 2 rings (SSSR count). The summed E-state index contributed by atoms with van der Waals surface area (Å²) in [5.41, 5.74) is 0.600. The van der Waals surface area contributed by atoms with Gasteiger partial charge in [0.1, 0.15) is 0 Å². The molecule has 0 aromatic heterocycles. The molecule has 0 aromatic rings.